The van der Waals surface area contributed by atoms with Crippen molar-refractivity contribution in [3.8, 4) is 11.3 Å². The summed E-state index contributed by atoms with van der Waals surface area (Å²) in [5.74, 6) is 1.21. The van der Waals surface area contributed by atoms with Crippen LogP contribution in [0.4, 0.5) is 0 Å². The molecule has 0 aliphatic heterocycles. The Bertz CT molecular complexity index is 1240. The van der Waals surface area contributed by atoms with Gasteiger partial charge in [-0.2, -0.15) is 5.10 Å². The Balaban J connectivity index is 1.56. The lowest BCUT2D eigenvalue weighted by Gasteiger charge is -2.07. The number of imidazole rings is 2. The number of halogens is 3. The van der Waals surface area contributed by atoms with Gasteiger partial charge in [0.2, 0.25) is 0 Å². The summed E-state index contributed by atoms with van der Waals surface area (Å²) >= 11 is 18.0. The number of aromatic nitrogens is 6. The fraction of sp³-hybridized carbons (Fsp3) is 0.200. The average molecular weight is 478 g/mol. The molecule has 0 saturated carbocycles. The van der Waals surface area contributed by atoms with E-state index in [0.29, 0.717) is 39.5 Å². The van der Waals surface area contributed by atoms with Crippen LogP contribution in [-0.2, 0) is 6.54 Å². The summed E-state index contributed by atoms with van der Waals surface area (Å²) in [6.45, 7) is 4.47. The number of rotatable bonds is 7. The number of nitrogens with zero attached hydrogens (tertiary/aromatic N) is 4. The van der Waals surface area contributed by atoms with Crippen molar-refractivity contribution >= 4 is 56.7 Å². The first-order valence-corrected chi connectivity index (χ1v) is 10.6. The summed E-state index contributed by atoms with van der Waals surface area (Å²) in [6.07, 6.45) is 6.93. The molecule has 0 radical (unpaired) electrons. The molecule has 1 aromatic carbocycles. The summed E-state index contributed by atoms with van der Waals surface area (Å²) in [5, 5.41) is 16.0. The van der Waals surface area contributed by atoms with Crippen molar-refractivity contribution in [3.63, 3.8) is 0 Å². The first-order valence-electron chi connectivity index (χ1n) is 9.43. The molecular weight excluding hydrogens is 459 g/mol. The van der Waals surface area contributed by atoms with Crippen LogP contribution in [0.5, 0.6) is 0 Å². The predicted octanol–water partition coefficient (Wildman–Crippen LogP) is 5.38. The van der Waals surface area contributed by atoms with Gasteiger partial charge >= 0.3 is 0 Å². The van der Waals surface area contributed by atoms with E-state index >= 15 is 0 Å². The second kappa shape index (κ2) is 8.74. The Morgan fingerprint density at radius 3 is 2.71 bits per heavy atom. The van der Waals surface area contributed by atoms with E-state index in [1.165, 1.54) is 6.08 Å². The second-order valence-corrected chi connectivity index (χ2v) is 8.40. The number of benzene rings is 1. The average Bonchev–Trinajstić information content (AvgIpc) is 3.44. The van der Waals surface area contributed by atoms with Crippen LogP contribution in [0, 0.1) is 5.41 Å². The largest absolute Gasteiger partial charge is 0.375 e. The third-order valence-corrected chi connectivity index (χ3v) is 5.39. The minimum absolute atomic E-state index is 0.128. The topological polar surface area (TPSA) is 111 Å². The van der Waals surface area contributed by atoms with E-state index < -0.39 is 0 Å². The summed E-state index contributed by atoms with van der Waals surface area (Å²) in [6, 6.07) is 3.70. The highest BCUT2D eigenvalue weighted by molar-refractivity contribution is 6.68. The Kier molecular flexibility index (Phi) is 6.04. The van der Waals surface area contributed by atoms with Crippen molar-refractivity contribution in [1.29, 1.82) is 5.41 Å². The maximum absolute atomic E-state index is 7.65. The van der Waals surface area contributed by atoms with E-state index in [0.717, 1.165) is 16.8 Å². The molecule has 11 heteroatoms. The van der Waals surface area contributed by atoms with Gasteiger partial charge in [0.05, 0.1) is 51.4 Å². The Morgan fingerprint density at radius 1 is 1.23 bits per heavy atom. The summed E-state index contributed by atoms with van der Waals surface area (Å²) in [7, 11) is 0. The van der Waals surface area contributed by atoms with Gasteiger partial charge in [0.25, 0.3) is 0 Å². The van der Waals surface area contributed by atoms with Crippen molar-refractivity contribution in [1.82, 2.24) is 35.0 Å². The minimum Gasteiger partial charge on any atom is -0.375 e. The van der Waals surface area contributed by atoms with Gasteiger partial charge in [0.15, 0.2) is 5.82 Å². The van der Waals surface area contributed by atoms with Crippen molar-refractivity contribution < 1.29 is 0 Å². The molecule has 0 aliphatic rings. The molecule has 0 amide bonds. The van der Waals surface area contributed by atoms with Crippen LogP contribution >= 0.6 is 34.8 Å². The number of hydrogen-bond acceptors (Lipinski definition) is 5. The second-order valence-electron chi connectivity index (χ2n) is 7.17. The molecule has 0 atom stereocenters. The van der Waals surface area contributed by atoms with Gasteiger partial charge < -0.3 is 15.3 Å². The molecule has 3 aromatic heterocycles. The zero-order valence-corrected chi connectivity index (χ0v) is 18.9. The van der Waals surface area contributed by atoms with Crippen LogP contribution in [0.15, 0.2) is 36.8 Å². The highest BCUT2D eigenvalue weighted by Crippen LogP contribution is 2.27. The van der Waals surface area contributed by atoms with E-state index in [-0.39, 0.29) is 11.2 Å². The first kappa shape index (κ1) is 21.4. The molecule has 0 spiro atoms. The van der Waals surface area contributed by atoms with E-state index in [1.807, 2.05) is 10.9 Å². The number of nitrogens with one attached hydrogen (secondary N) is 4. The third-order valence-electron chi connectivity index (χ3n) is 4.56. The van der Waals surface area contributed by atoms with Crippen LogP contribution in [0.2, 0.25) is 10.0 Å². The van der Waals surface area contributed by atoms with Gasteiger partial charge in [-0.15, -0.1) is 0 Å². The van der Waals surface area contributed by atoms with Crippen molar-refractivity contribution in [2.24, 2.45) is 0 Å². The van der Waals surface area contributed by atoms with Gasteiger partial charge in [-0.3, -0.25) is 10.1 Å². The van der Waals surface area contributed by atoms with E-state index in [9.17, 15) is 0 Å². The highest BCUT2D eigenvalue weighted by Gasteiger charge is 2.12. The number of fused-ring (bicyclic) bond motifs is 1. The van der Waals surface area contributed by atoms with Crippen LogP contribution in [-0.4, -0.2) is 34.9 Å². The Hall–Kier alpha value is -2.81. The number of hydrogen-bond donors (Lipinski definition) is 4. The molecule has 0 bridgehead atoms. The number of aromatic amines is 2. The molecule has 4 N–H and O–H groups in total. The molecule has 0 aliphatic carbocycles. The lowest BCUT2D eigenvalue weighted by atomic mass is 10.3. The lowest BCUT2D eigenvalue weighted by molar-refractivity contribution is 0.532. The highest BCUT2D eigenvalue weighted by atomic mass is 35.5. The fourth-order valence-electron chi connectivity index (χ4n) is 3.01. The van der Waals surface area contributed by atoms with Crippen molar-refractivity contribution in [2.75, 3.05) is 0 Å². The molecule has 31 heavy (non-hydrogen) atoms. The maximum Gasteiger partial charge on any atom is 0.154 e. The fourth-order valence-corrected chi connectivity index (χ4v) is 3.45. The molecule has 160 valence electrons. The molecular formula is C20H19Cl3N8. The molecule has 4 rings (SSSR count). The van der Waals surface area contributed by atoms with Gasteiger partial charge in [-0.1, -0.05) is 34.8 Å². The quantitative estimate of drug-likeness (QED) is 0.268. The minimum atomic E-state index is -0.128. The normalized spacial score (nSPS) is 12.1. The van der Waals surface area contributed by atoms with E-state index in [4.69, 9.17) is 40.2 Å². The molecule has 8 nitrogen and oxygen atoms in total. The summed E-state index contributed by atoms with van der Waals surface area (Å²) in [4.78, 5) is 15.4. The molecule has 0 saturated heterocycles. The zero-order valence-electron chi connectivity index (χ0n) is 16.7. The van der Waals surface area contributed by atoms with E-state index in [2.05, 4.69) is 44.2 Å². The predicted molar refractivity (Wildman–Crippen MR) is 125 cm³/mol. The maximum atomic E-state index is 7.65. The van der Waals surface area contributed by atoms with Crippen LogP contribution in [0.3, 0.4) is 0 Å². The van der Waals surface area contributed by atoms with Gasteiger partial charge in [-0.25, -0.2) is 9.97 Å². The van der Waals surface area contributed by atoms with Crippen LogP contribution < -0.4 is 5.32 Å². The van der Waals surface area contributed by atoms with Crippen molar-refractivity contribution in [2.45, 2.75) is 26.4 Å². The first-order chi connectivity index (χ1) is 14.8. The van der Waals surface area contributed by atoms with Gasteiger partial charge in [0.1, 0.15) is 11.0 Å². The SMILES string of the molecule is CC(C)n1cc(-c2cnc(/C(=C\C(=N)Cl)NCc3nc4cc(Cl)c(Cl)cc4[nH]3)[nH]2)cn1. The van der Waals surface area contributed by atoms with Crippen LogP contribution in [0.1, 0.15) is 31.5 Å². The third kappa shape index (κ3) is 4.76. The van der Waals surface area contributed by atoms with Crippen LogP contribution in [0.25, 0.3) is 28.0 Å². The number of H-pyrrole nitrogens is 2. The van der Waals surface area contributed by atoms with Crippen molar-refractivity contribution in [3.05, 3.63) is 58.5 Å². The summed E-state index contributed by atoms with van der Waals surface area (Å²) in [5.41, 5.74) is 3.77. The molecule has 0 fully saturated rings. The van der Waals surface area contributed by atoms with Gasteiger partial charge in [-0.05, 0) is 26.0 Å². The molecule has 4 aromatic rings. The monoisotopic (exact) mass is 476 g/mol. The lowest BCUT2D eigenvalue weighted by Crippen LogP contribution is -2.14. The summed E-state index contributed by atoms with van der Waals surface area (Å²) < 4.78 is 1.87. The zero-order chi connectivity index (χ0) is 22.1. The molecule has 3 heterocycles. The Labute approximate surface area is 193 Å². The Morgan fingerprint density at radius 2 is 2.00 bits per heavy atom. The van der Waals surface area contributed by atoms with E-state index in [1.54, 1.807) is 24.5 Å². The molecule has 0 unspecified atom stereocenters. The van der Waals surface area contributed by atoms with Gasteiger partial charge in [0, 0.05) is 23.9 Å². The smallest absolute Gasteiger partial charge is 0.154 e. The standard InChI is InChI=1S/C20H19Cl3N8/c1-10(2)31-9-11(6-27-31)17-7-26-20(30-17)16(5-18(23)24)25-8-19-28-14-3-12(21)13(22)4-15(14)29-19/h3-7,9-10,24-25H,8H2,1-2H3,(H,26,30)(H,28,29)/b16-5+,24-18?. The number of allylic oxidation sites excluding steroid dienone is 1.